The zero-order valence-electron chi connectivity index (χ0n) is 6.64. The molecule has 1 amide bonds. The first-order valence-corrected chi connectivity index (χ1v) is 6.12. The maximum Gasteiger partial charge on any atom is 0.279 e. The minimum atomic E-state index is -0.283. The molecule has 0 radical (unpaired) electrons. The first kappa shape index (κ1) is 11.9. The van der Waals surface area contributed by atoms with Crippen LogP contribution in [0.15, 0.2) is 14.3 Å². The highest BCUT2D eigenvalue weighted by molar-refractivity contribution is 9.13. The van der Waals surface area contributed by atoms with Gasteiger partial charge in [0, 0.05) is 4.47 Å². The van der Waals surface area contributed by atoms with E-state index in [-0.39, 0.29) is 11.0 Å². The van der Waals surface area contributed by atoms with Gasteiger partial charge in [0.1, 0.15) is 0 Å². The molecule has 1 heterocycles. The van der Waals surface area contributed by atoms with Crippen molar-refractivity contribution in [2.75, 3.05) is 0 Å². The number of carbonyl (C=O) groups is 1. The molecule has 1 rings (SSSR count). The van der Waals surface area contributed by atoms with Gasteiger partial charge in [-0.1, -0.05) is 0 Å². The lowest BCUT2D eigenvalue weighted by molar-refractivity contribution is 0.0948. The standard InChI is InChI=1S/C6H5Br2N3OS2/c7-2-1-3(14-4(2)8)5(12)10-11-6(9)13/h1H,(H,10,12)(H3,9,11,13). The van der Waals surface area contributed by atoms with E-state index in [0.29, 0.717) is 4.88 Å². The Labute approximate surface area is 106 Å². The number of thiocarbonyl (C=S) groups is 1. The number of nitrogens with two attached hydrogens (primary N) is 1. The van der Waals surface area contributed by atoms with Gasteiger partial charge >= 0.3 is 0 Å². The molecule has 0 saturated heterocycles. The van der Waals surface area contributed by atoms with Gasteiger partial charge in [0.15, 0.2) is 5.11 Å². The van der Waals surface area contributed by atoms with Gasteiger partial charge < -0.3 is 5.73 Å². The lowest BCUT2D eigenvalue weighted by atomic mass is 10.4. The monoisotopic (exact) mass is 357 g/mol. The second-order valence-corrected chi connectivity index (χ2v) is 5.84. The van der Waals surface area contributed by atoms with E-state index in [9.17, 15) is 4.79 Å². The van der Waals surface area contributed by atoms with Gasteiger partial charge in [-0.05, 0) is 50.1 Å². The number of halogens is 2. The molecule has 0 spiro atoms. The molecule has 0 aliphatic carbocycles. The van der Waals surface area contributed by atoms with Crippen LogP contribution in [0.4, 0.5) is 0 Å². The summed E-state index contributed by atoms with van der Waals surface area (Å²) in [5.74, 6) is -0.283. The van der Waals surface area contributed by atoms with Gasteiger partial charge in [-0.3, -0.25) is 15.6 Å². The average Bonchev–Trinajstić information content (AvgIpc) is 2.43. The van der Waals surface area contributed by atoms with Crippen molar-refractivity contribution in [3.8, 4) is 0 Å². The highest BCUT2D eigenvalue weighted by Crippen LogP contribution is 2.32. The third-order valence-electron chi connectivity index (χ3n) is 1.17. The summed E-state index contributed by atoms with van der Waals surface area (Å²) in [5.41, 5.74) is 9.86. The van der Waals surface area contributed by atoms with Crippen molar-refractivity contribution in [1.29, 1.82) is 0 Å². The minimum Gasteiger partial charge on any atom is -0.375 e. The molecular weight excluding hydrogens is 354 g/mol. The molecule has 0 aromatic carbocycles. The molecule has 1 aromatic rings. The van der Waals surface area contributed by atoms with Crippen LogP contribution in [-0.4, -0.2) is 11.0 Å². The smallest absolute Gasteiger partial charge is 0.279 e. The molecule has 0 bridgehead atoms. The molecule has 0 saturated carbocycles. The summed E-state index contributed by atoms with van der Waals surface area (Å²) in [4.78, 5) is 11.9. The molecule has 14 heavy (non-hydrogen) atoms. The van der Waals surface area contributed by atoms with E-state index in [1.165, 1.54) is 11.3 Å². The zero-order chi connectivity index (χ0) is 10.7. The number of hydrazine groups is 1. The summed E-state index contributed by atoms with van der Waals surface area (Å²) in [6.45, 7) is 0. The Bertz CT molecular complexity index is 360. The highest BCUT2D eigenvalue weighted by Gasteiger charge is 2.11. The fourth-order valence-electron chi connectivity index (χ4n) is 0.638. The number of nitrogens with one attached hydrogen (secondary N) is 2. The summed E-state index contributed by atoms with van der Waals surface area (Å²) in [6, 6.07) is 1.70. The van der Waals surface area contributed by atoms with Crippen LogP contribution in [0.2, 0.25) is 0 Å². The summed E-state index contributed by atoms with van der Waals surface area (Å²) < 4.78 is 1.70. The van der Waals surface area contributed by atoms with Crippen molar-refractivity contribution >= 4 is 66.4 Å². The SMILES string of the molecule is NC(=S)NNC(=O)c1cc(Br)c(Br)s1. The van der Waals surface area contributed by atoms with E-state index in [2.05, 4.69) is 54.9 Å². The molecule has 4 N–H and O–H groups in total. The third-order valence-corrected chi connectivity index (χ3v) is 4.53. The summed E-state index contributed by atoms with van der Waals surface area (Å²) in [6.07, 6.45) is 0. The number of amides is 1. The number of thiophene rings is 1. The van der Waals surface area contributed by atoms with Crippen LogP contribution in [0.5, 0.6) is 0 Å². The van der Waals surface area contributed by atoms with Crippen molar-refractivity contribution < 1.29 is 4.79 Å². The van der Waals surface area contributed by atoms with Crippen molar-refractivity contribution in [3.63, 3.8) is 0 Å². The normalized spacial score (nSPS) is 9.57. The summed E-state index contributed by atoms with van der Waals surface area (Å²) in [7, 11) is 0. The van der Waals surface area contributed by atoms with Crippen LogP contribution in [-0.2, 0) is 0 Å². The molecule has 76 valence electrons. The van der Waals surface area contributed by atoms with Gasteiger partial charge in [-0.25, -0.2) is 0 Å². The zero-order valence-corrected chi connectivity index (χ0v) is 11.4. The van der Waals surface area contributed by atoms with E-state index in [4.69, 9.17) is 5.73 Å². The first-order valence-electron chi connectivity index (χ1n) is 3.31. The predicted molar refractivity (Wildman–Crippen MR) is 67.1 cm³/mol. The summed E-state index contributed by atoms with van der Waals surface area (Å²) >= 11 is 12.4. The van der Waals surface area contributed by atoms with Crippen LogP contribution >= 0.6 is 55.4 Å². The molecule has 0 unspecified atom stereocenters. The number of carbonyl (C=O) groups excluding carboxylic acids is 1. The molecular formula is C6H5Br2N3OS2. The van der Waals surface area contributed by atoms with Gasteiger partial charge in [0.2, 0.25) is 0 Å². The molecule has 0 fully saturated rings. The highest BCUT2D eigenvalue weighted by atomic mass is 79.9. The number of rotatable bonds is 1. The maximum absolute atomic E-state index is 11.4. The Kier molecular flexibility index (Phi) is 4.30. The van der Waals surface area contributed by atoms with Gasteiger partial charge in [0.05, 0.1) is 8.66 Å². The minimum absolute atomic E-state index is 0.0213. The van der Waals surface area contributed by atoms with Crippen molar-refractivity contribution in [2.24, 2.45) is 5.73 Å². The maximum atomic E-state index is 11.4. The molecule has 1 aromatic heterocycles. The first-order chi connectivity index (χ1) is 6.50. The topological polar surface area (TPSA) is 67.2 Å². The van der Waals surface area contributed by atoms with Crippen molar-refractivity contribution in [1.82, 2.24) is 10.9 Å². The lowest BCUT2D eigenvalue weighted by Gasteiger charge is -2.03. The Balaban J connectivity index is 2.65. The lowest BCUT2D eigenvalue weighted by Crippen LogP contribution is -2.44. The van der Waals surface area contributed by atoms with E-state index >= 15 is 0 Å². The number of hydrogen-bond acceptors (Lipinski definition) is 3. The van der Waals surface area contributed by atoms with Crippen molar-refractivity contribution in [3.05, 3.63) is 19.2 Å². The third kappa shape index (κ3) is 3.19. The molecule has 4 nitrogen and oxygen atoms in total. The summed E-state index contributed by atoms with van der Waals surface area (Å²) in [5, 5.41) is 0.0213. The van der Waals surface area contributed by atoms with Crippen LogP contribution in [0.25, 0.3) is 0 Å². The number of hydrogen-bond donors (Lipinski definition) is 3. The molecule has 0 aliphatic rings. The van der Waals surface area contributed by atoms with Crippen LogP contribution in [0.3, 0.4) is 0 Å². The predicted octanol–water partition coefficient (Wildman–Crippen LogP) is 1.75. The Hall–Kier alpha value is -0.180. The van der Waals surface area contributed by atoms with E-state index in [1.54, 1.807) is 6.07 Å². The van der Waals surface area contributed by atoms with E-state index in [1.807, 2.05) is 0 Å². The van der Waals surface area contributed by atoms with Crippen LogP contribution in [0.1, 0.15) is 9.67 Å². The van der Waals surface area contributed by atoms with Crippen molar-refractivity contribution in [2.45, 2.75) is 0 Å². The Morgan fingerprint density at radius 1 is 1.50 bits per heavy atom. The van der Waals surface area contributed by atoms with E-state index < -0.39 is 0 Å². The second-order valence-electron chi connectivity index (χ2n) is 2.18. The quantitative estimate of drug-likeness (QED) is 0.528. The Morgan fingerprint density at radius 3 is 2.57 bits per heavy atom. The fraction of sp³-hybridized carbons (Fsp3) is 0. The largest absolute Gasteiger partial charge is 0.375 e. The van der Waals surface area contributed by atoms with E-state index in [0.717, 1.165) is 8.26 Å². The van der Waals surface area contributed by atoms with Gasteiger partial charge in [0.25, 0.3) is 5.91 Å². The van der Waals surface area contributed by atoms with Crippen LogP contribution < -0.4 is 16.6 Å². The second kappa shape index (κ2) is 5.06. The molecule has 0 aliphatic heterocycles. The van der Waals surface area contributed by atoms with Crippen LogP contribution in [0, 0.1) is 0 Å². The fourth-order valence-corrected chi connectivity index (χ4v) is 2.62. The Morgan fingerprint density at radius 2 is 2.14 bits per heavy atom. The average molecular weight is 359 g/mol. The molecule has 8 heteroatoms. The van der Waals surface area contributed by atoms with Gasteiger partial charge in [-0.15, -0.1) is 11.3 Å². The molecule has 0 atom stereocenters. The van der Waals surface area contributed by atoms with Gasteiger partial charge in [-0.2, -0.15) is 0 Å².